The summed E-state index contributed by atoms with van der Waals surface area (Å²) >= 11 is 0. The first-order chi connectivity index (χ1) is 13.4. The molecule has 1 atom stereocenters. The Kier molecular flexibility index (Phi) is 5.83. The van der Waals surface area contributed by atoms with Crippen molar-refractivity contribution in [2.45, 2.75) is 13.0 Å². The Morgan fingerprint density at radius 3 is 2.00 bits per heavy atom. The topological polar surface area (TPSA) is 103 Å². The molecule has 0 amide bonds. The van der Waals surface area contributed by atoms with E-state index < -0.39 is 0 Å². The van der Waals surface area contributed by atoms with E-state index in [1.54, 1.807) is 24.3 Å². The maximum atomic E-state index is 13.3. The normalized spacial score (nSPS) is 11.8. The van der Waals surface area contributed by atoms with E-state index in [0.717, 1.165) is 5.56 Å². The summed E-state index contributed by atoms with van der Waals surface area (Å²) in [5.74, 6) is 0.150. The molecule has 146 valence electrons. The molecule has 0 aliphatic carbocycles. The minimum absolute atomic E-state index is 0.00161. The minimum atomic E-state index is -0.338. The molecule has 9 heteroatoms. The second-order valence-corrected chi connectivity index (χ2v) is 6.08. The van der Waals surface area contributed by atoms with Crippen LogP contribution in [0, 0.1) is 11.6 Å². The first-order valence-electron chi connectivity index (χ1n) is 8.60. The lowest BCUT2D eigenvalue weighted by molar-refractivity contribution is 0.318. The van der Waals surface area contributed by atoms with Crippen LogP contribution in [0.25, 0.3) is 0 Å². The minimum Gasteiger partial charge on any atom is -0.492 e. The van der Waals surface area contributed by atoms with E-state index in [9.17, 15) is 8.78 Å². The molecule has 0 spiro atoms. The van der Waals surface area contributed by atoms with Crippen molar-refractivity contribution in [3.63, 3.8) is 0 Å². The Balaban J connectivity index is 1.81. The van der Waals surface area contributed by atoms with E-state index in [0.29, 0.717) is 12.3 Å². The number of benzene rings is 2. The van der Waals surface area contributed by atoms with Crippen molar-refractivity contribution >= 4 is 17.8 Å². The highest BCUT2D eigenvalue weighted by atomic mass is 19.1. The van der Waals surface area contributed by atoms with Crippen LogP contribution >= 0.6 is 0 Å². The molecule has 7 nitrogen and oxygen atoms in total. The number of hydrogen-bond acceptors (Lipinski definition) is 7. The van der Waals surface area contributed by atoms with Crippen LogP contribution in [0.1, 0.15) is 18.5 Å². The molecule has 0 saturated carbocycles. The molecule has 0 bridgehead atoms. The molecule has 3 rings (SSSR count). The highest BCUT2D eigenvalue weighted by molar-refractivity contribution is 5.42. The Morgan fingerprint density at radius 1 is 0.893 bits per heavy atom. The van der Waals surface area contributed by atoms with Gasteiger partial charge in [0.2, 0.25) is 17.8 Å². The highest BCUT2D eigenvalue weighted by Gasteiger charge is 2.20. The molecular formula is C19H20F2N6O. The van der Waals surface area contributed by atoms with Gasteiger partial charge in [0.1, 0.15) is 24.0 Å². The van der Waals surface area contributed by atoms with Gasteiger partial charge in [-0.2, -0.15) is 15.0 Å². The maximum Gasteiger partial charge on any atom is 0.232 e. The third-order valence-electron chi connectivity index (χ3n) is 4.15. The summed E-state index contributed by atoms with van der Waals surface area (Å²) in [4.78, 5) is 13.9. The number of aromatic nitrogens is 3. The summed E-state index contributed by atoms with van der Waals surface area (Å²) in [5.41, 5.74) is 12.3. The monoisotopic (exact) mass is 386 g/mol. The van der Waals surface area contributed by atoms with E-state index in [1.807, 2.05) is 11.8 Å². The van der Waals surface area contributed by atoms with Crippen molar-refractivity contribution in [1.29, 1.82) is 0 Å². The third kappa shape index (κ3) is 4.81. The standard InChI is InChI=1S/C19H20F2N6O/c1-12(13-2-4-14(20)5-3-13)27(19-25-17(22)24-18(23)26-19)10-11-28-16-8-6-15(21)7-9-16/h2-9,12H,10-11H2,1H3,(H4,22,23,24,25,26). The molecule has 1 unspecified atom stereocenters. The van der Waals surface area contributed by atoms with Gasteiger partial charge in [-0.25, -0.2) is 8.78 Å². The van der Waals surface area contributed by atoms with Crippen molar-refractivity contribution in [2.75, 3.05) is 29.5 Å². The van der Waals surface area contributed by atoms with Crippen molar-refractivity contribution in [3.05, 3.63) is 65.7 Å². The molecule has 0 saturated heterocycles. The number of ether oxygens (including phenoxy) is 1. The van der Waals surface area contributed by atoms with E-state index in [4.69, 9.17) is 16.2 Å². The number of nitrogens with two attached hydrogens (primary N) is 2. The van der Waals surface area contributed by atoms with Crippen LogP contribution in [0.3, 0.4) is 0 Å². The van der Waals surface area contributed by atoms with Gasteiger partial charge < -0.3 is 21.1 Å². The maximum absolute atomic E-state index is 13.3. The van der Waals surface area contributed by atoms with E-state index in [2.05, 4.69) is 15.0 Å². The summed E-state index contributed by atoms with van der Waals surface area (Å²) in [7, 11) is 0. The molecule has 0 aliphatic heterocycles. The van der Waals surface area contributed by atoms with E-state index in [1.165, 1.54) is 24.3 Å². The first-order valence-corrected chi connectivity index (χ1v) is 8.60. The number of nitrogens with zero attached hydrogens (tertiary/aromatic N) is 4. The van der Waals surface area contributed by atoms with Gasteiger partial charge in [-0.05, 0) is 48.9 Å². The Hall–Kier alpha value is -3.49. The zero-order valence-electron chi connectivity index (χ0n) is 15.2. The van der Waals surface area contributed by atoms with Crippen LogP contribution in [-0.4, -0.2) is 28.1 Å². The third-order valence-corrected chi connectivity index (χ3v) is 4.15. The van der Waals surface area contributed by atoms with Gasteiger partial charge in [0.05, 0.1) is 12.6 Å². The van der Waals surface area contributed by atoms with Crippen molar-refractivity contribution < 1.29 is 13.5 Å². The highest BCUT2D eigenvalue weighted by Crippen LogP contribution is 2.25. The molecule has 3 aromatic rings. The molecule has 1 aromatic heterocycles. The van der Waals surface area contributed by atoms with Crippen LogP contribution in [0.2, 0.25) is 0 Å². The quantitative estimate of drug-likeness (QED) is 0.643. The fourth-order valence-electron chi connectivity index (χ4n) is 2.71. The molecule has 0 aliphatic rings. The number of hydrogen-bond donors (Lipinski definition) is 2. The van der Waals surface area contributed by atoms with Crippen molar-refractivity contribution in [1.82, 2.24) is 15.0 Å². The number of halogens is 2. The van der Waals surface area contributed by atoms with Crippen molar-refractivity contribution in [2.24, 2.45) is 0 Å². The predicted molar refractivity (Wildman–Crippen MR) is 103 cm³/mol. The summed E-state index contributed by atoms with van der Waals surface area (Å²) in [6, 6.07) is 11.6. The van der Waals surface area contributed by atoms with Crippen LogP contribution in [-0.2, 0) is 0 Å². The molecule has 4 N–H and O–H groups in total. The van der Waals surface area contributed by atoms with Gasteiger partial charge in [0, 0.05) is 0 Å². The van der Waals surface area contributed by atoms with Gasteiger partial charge in [-0.3, -0.25) is 0 Å². The van der Waals surface area contributed by atoms with Crippen molar-refractivity contribution in [3.8, 4) is 5.75 Å². The molecule has 28 heavy (non-hydrogen) atoms. The van der Waals surface area contributed by atoms with E-state index >= 15 is 0 Å². The molecular weight excluding hydrogens is 366 g/mol. The summed E-state index contributed by atoms with van der Waals surface area (Å²) in [6.07, 6.45) is 0. The smallest absolute Gasteiger partial charge is 0.232 e. The molecule has 0 fully saturated rings. The van der Waals surface area contributed by atoms with E-state index in [-0.39, 0.29) is 42.1 Å². The Morgan fingerprint density at radius 2 is 1.43 bits per heavy atom. The molecule has 0 radical (unpaired) electrons. The number of nitrogen functional groups attached to an aromatic ring is 2. The fourth-order valence-corrected chi connectivity index (χ4v) is 2.71. The van der Waals surface area contributed by atoms with Crippen LogP contribution in [0.5, 0.6) is 5.75 Å². The van der Waals surface area contributed by atoms with Gasteiger partial charge >= 0.3 is 0 Å². The molecule has 1 heterocycles. The summed E-state index contributed by atoms with van der Waals surface area (Å²) < 4.78 is 32.0. The predicted octanol–water partition coefficient (Wildman–Crippen LogP) is 2.96. The lowest BCUT2D eigenvalue weighted by atomic mass is 10.1. The van der Waals surface area contributed by atoms with Gasteiger partial charge in [0.25, 0.3) is 0 Å². The number of rotatable bonds is 7. The Labute approximate surface area is 161 Å². The average Bonchev–Trinajstić information content (AvgIpc) is 2.66. The molecule has 2 aromatic carbocycles. The van der Waals surface area contributed by atoms with Crippen LogP contribution in [0.15, 0.2) is 48.5 Å². The van der Waals surface area contributed by atoms with Gasteiger partial charge in [0.15, 0.2) is 0 Å². The first kappa shape index (κ1) is 19.3. The second kappa shape index (κ2) is 8.47. The zero-order valence-corrected chi connectivity index (χ0v) is 15.2. The fraction of sp³-hybridized carbons (Fsp3) is 0.211. The SMILES string of the molecule is CC(c1ccc(F)cc1)N(CCOc1ccc(F)cc1)c1nc(N)nc(N)n1. The lowest BCUT2D eigenvalue weighted by Gasteiger charge is -2.29. The number of anilines is 3. The zero-order chi connectivity index (χ0) is 20.1. The largest absolute Gasteiger partial charge is 0.492 e. The van der Waals surface area contributed by atoms with Gasteiger partial charge in [-0.15, -0.1) is 0 Å². The van der Waals surface area contributed by atoms with Gasteiger partial charge in [-0.1, -0.05) is 12.1 Å². The lowest BCUT2D eigenvalue weighted by Crippen LogP contribution is -2.33. The second-order valence-electron chi connectivity index (χ2n) is 6.08. The Bertz CT molecular complexity index is 900. The summed E-state index contributed by atoms with van der Waals surface area (Å²) in [5, 5.41) is 0. The average molecular weight is 386 g/mol. The summed E-state index contributed by atoms with van der Waals surface area (Å²) in [6.45, 7) is 2.56. The van der Waals surface area contributed by atoms with Crippen LogP contribution < -0.4 is 21.1 Å². The van der Waals surface area contributed by atoms with Crippen LogP contribution in [0.4, 0.5) is 26.6 Å².